The van der Waals surface area contributed by atoms with Gasteiger partial charge in [-0.05, 0) is 77.4 Å². The number of para-hydroxylation sites is 1. The van der Waals surface area contributed by atoms with Crippen LogP contribution in [0.1, 0.15) is 70.7 Å². The number of hydrogen-bond acceptors (Lipinski definition) is 3. The van der Waals surface area contributed by atoms with Crippen LogP contribution in [0.5, 0.6) is 11.5 Å². The number of benzene rings is 3. The zero-order chi connectivity index (χ0) is 28.2. The Morgan fingerprint density at radius 3 is 2.37 bits per heavy atom. The number of rotatable bonds is 0. The van der Waals surface area contributed by atoms with Gasteiger partial charge in [0.05, 0.1) is 23.5 Å². The van der Waals surface area contributed by atoms with Crippen LogP contribution in [-0.2, 0) is 16.5 Å². The largest absolute Gasteiger partial charge is 0.456 e. The Hall–Kier alpha value is -4.09. The first-order chi connectivity index (χ1) is 19.5. The van der Waals surface area contributed by atoms with E-state index in [0.717, 1.165) is 11.5 Å². The fraction of sp³-hybridized carbons (Fsp3) is 0.306. The second-order valence-electron chi connectivity index (χ2n) is 14.2. The second-order valence-corrected chi connectivity index (χ2v) is 14.2. The fourth-order valence-electron chi connectivity index (χ4n) is 7.77. The van der Waals surface area contributed by atoms with Gasteiger partial charge in [-0.25, -0.2) is 4.57 Å². The van der Waals surface area contributed by atoms with Gasteiger partial charge in [0, 0.05) is 23.0 Å². The minimum atomic E-state index is -0.590. The average Bonchev–Trinajstić information content (AvgIpc) is 3.57. The third kappa shape index (κ3) is 2.60. The van der Waals surface area contributed by atoms with E-state index in [4.69, 9.17) is 4.74 Å². The molecule has 0 amide bonds. The standard InChI is InChI=1S/C36H35N4O/c1-21-14-17-38-27-18-23(35(5,6)7)19-29-31(27)36(40(21)38)32-28(41-29)13-12-25-24-10-8-9-11-26(24)39(33(25)32)30-20-22(34(2,3)4)15-16-37(30)36/h8-21H,1-7H3/q+1. The van der Waals surface area contributed by atoms with Crippen LogP contribution in [-0.4, -0.2) is 15.6 Å². The highest BCUT2D eigenvalue weighted by molar-refractivity contribution is 6.11. The van der Waals surface area contributed by atoms with Crippen LogP contribution in [0.25, 0.3) is 27.6 Å². The van der Waals surface area contributed by atoms with Gasteiger partial charge in [0.2, 0.25) is 5.66 Å². The average molecular weight is 540 g/mol. The van der Waals surface area contributed by atoms with Gasteiger partial charge in [0.15, 0.2) is 5.52 Å². The van der Waals surface area contributed by atoms with Crippen LogP contribution in [0.2, 0.25) is 0 Å². The van der Waals surface area contributed by atoms with Crippen molar-refractivity contribution in [2.45, 2.75) is 71.0 Å². The van der Waals surface area contributed by atoms with Crippen LogP contribution in [0.4, 0.5) is 5.69 Å². The zero-order valence-electron chi connectivity index (χ0n) is 24.8. The van der Waals surface area contributed by atoms with Crippen molar-refractivity contribution < 1.29 is 9.30 Å². The fourth-order valence-corrected chi connectivity index (χ4v) is 7.77. The van der Waals surface area contributed by atoms with Crippen LogP contribution >= 0.6 is 0 Å². The molecule has 0 bridgehead atoms. The van der Waals surface area contributed by atoms with Crippen LogP contribution in [0.3, 0.4) is 0 Å². The van der Waals surface area contributed by atoms with E-state index in [0.29, 0.717) is 0 Å². The molecule has 3 aromatic carbocycles. The summed E-state index contributed by atoms with van der Waals surface area (Å²) in [6, 6.07) is 22.9. The molecule has 4 aliphatic rings. The smallest absolute Gasteiger partial charge is 0.289 e. The normalized spacial score (nSPS) is 21.8. The molecule has 1 spiro atoms. The molecule has 5 heteroatoms. The number of nitrogens with zero attached hydrogens (tertiary/aromatic N) is 4. The molecule has 0 saturated heterocycles. The summed E-state index contributed by atoms with van der Waals surface area (Å²) in [4.78, 5) is 0. The summed E-state index contributed by atoms with van der Waals surface area (Å²) in [6.45, 7) is 16.1. The summed E-state index contributed by atoms with van der Waals surface area (Å²) in [5.74, 6) is 3.08. The molecule has 204 valence electrons. The Morgan fingerprint density at radius 1 is 0.805 bits per heavy atom. The third-order valence-electron chi connectivity index (χ3n) is 9.74. The van der Waals surface area contributed by atoms with Crippen molar-refractivity contribution in [3.8, 4) is 17.3 Å². The van der Waals surface area contributed by atoms with Gasteiger partial charge in [0.1, 0.15) is 22.6 Å². The molecule has 0 fully saturated rings. The van der Waals surface area contributed by atoms with E-state index in [9.17, 15) is 0 Å². The van der Waals surface area contributed by atoms with Gasteiger partial charge in [-0.15, -0.1) is 0 Å². The maximum absolute atomic E-state index is 6.95. The van der Waals surface area contributed by atoms with Crippen molar-refractivity contribution in [1.82, 2.24) is 9.58 Å². The molecule has 5 nitrogen and oxygen atoms in total. The van der Waals surface area contributed by atoms with Gasteiger partial charge in [-0.2, -0.15) is 9.58 Å². The van der Waals surface area contributed by atoms with Crippen molar-refractivity contribution in [3.63, 3.8) is 0 Å². The molecule has 2 unspecified atom stereocenters. The molecule has 0 aliphatic carbocycles. The van der Waals surface area contributed by atoms with Crippen LogP contribution < -0.4 is 14.3 Å². The van der Waals surface area contributed by atoms with Crippen molar-refractivity contribution in [2.75, 3.05) is 5.01 Å². The summed E-state index contributed by atoms with van der Waals surface area (Å²) < 4.78 is 12.0. The molecule has 0 N–H and O–H groups in total. The number of anilines is 1. The third-order valence-corrected chi connectivity index (χ3v) is 9.74. The number of pyridine rings is 1. The van der Waals surface area contributed by atoms with Gasteiger partial charge in [-0.3, -0.25) is 5.01 Å². The Bertz CT molecular complexity index is 2040. The SMILES string of the molecule is CC1C=CN2c3cc(C(C)(C)C)cc4c3C3(c5c(ccc6c7ccccc7n(c56)-c5cc(C(C)(C)C)cc[n+]53)O4)N12. The maximum atomic E-state index is 6.95. The topological polar surface area (TPSA) is 24.5 Å². The van der Waals surface area contributed by atoms with Gasteiger partial charge >= 0.3 is 0 Å². The van der Waals surface area contributed by atoms with E-state index in [1.165, 1.54) is 55.6 Å². The number of aromatic nitrogens is 2. The van der Waals surface area contributed by atoms with Crippen molar-refractivity contribution in [3.05, 3.63) is 101 Å². The quantitative estimate of drug-likeness (QED) is 0.188. The highest BCUT2D eigenvalue weighted by atomic mass is 16.5. The molecule has 0 saturated carbocycles. The summed E-state index contributed by atoms with van der Waals surface area (Å²) in [6.07, 6.45) is 6.92. The minimum absolute atomic E-state index is 0.0135. The summed E-state index contributed by atoms with van der Waals surface area (Å²) >= 11 is 0. The molecule has 9 rings (SSSR count). The van der Waals surface area contributed by atoms with Gasteiger partial charge in [-0.1, -0.05) is 53.7 Å². The molecule has 5 aromatic rings. The molecule has 4 aliphatic heterocycles. The molecular weight excluding hydrogens is 504 g/mol. The van der Waals surface area contributed by atoms with E-state index >= 15 is 0 Å². The van der Waals surface area contributed by atoms with E-state index in [1.807, 2.05) is 0 Å². The first-order valence-electron chi connectivity index (χ1n) is 14.8. The van der Waals surface area contributed by atoms with E-state index in [2.05, 4.69) is 147 Å². The van der Waals surface area contributed by atoms with Crippen LogP contribution in [0, 0.1) is 0 Å². The Kier molecular flexibility index (Phi) is 4.05. The lowest BCUT2D eigenvalue weighted by molar-refractivity contribution is -0.762. The zero-order valence-corrected chi connectivity index (χ0v) is 24.8. The van der Waals surface area contributed by atoms with Crippen molar-refractivity contribution in [2.24, 2.45) is 0 Å². The maximum Gasteiger partial charge on any atom is 0.289 e. The molecular formula is C36H35N4O+. The molecule has 2 aromatic heterocycles. The highest BCUT2D eigenvalue weighted by Crippen LogP contribution is 2.62. The Labute approximate surface area is 240 Å². The lowest BCUT2D eigenvalue weighted by atomic mass is 9.80. The molecule has 41 heavy (non-hydrogen) atoms. The number of ether oxygens (including phenoxy) is 1. The number of fused-ring (bicyclic) bond motifs is 7. The van der Waals surface area contributed by atoms with Crippen molar-refractivity contribution >= 4 is 27.5 Å². The number of hydrazine groups is 1. The lowest BCUT2D eigenvalue weighted by Gasteiger charge is -2.44. The molecule has 0 radical (unpaired) electrons. The van der Waals surface area contributed by atoms with Gasteiger partial charge < -0.3 is 4.74 Å². The van der Waals surface area contributed by atoms with Gasteiger partial charge in [0.25, 0.3) is 5.82 Å². The second kappa shape index (κ2) is 7.03. The summed E-state index contributed by atoms with van der Waals surface area (Å²) in [5.41, 5.74) is 8.14. The van der Waals surface area contributed by atoms with E-state index < -0.39 is 5.66 Å². The first kappa shape index (κ1) is 23.6. The van der Waals surface area contributed by atoms with E-state index in [-0.39, 0.29) is 16.9 Å². The summed E-state index contributed by atoms with van der Waals surface area (Å²) in [5, 5.41) is 7.51. The molecule has 6 heterocycles. The monoisotopic (exact) mass is 539 g/mol. The Morgan fingerprint density at radius 2 is 1.59 bits per heavy atom. The highest BCUT2D eigenvalue weighted by Gasteiger charge is 2.66. The Balaban J connectivity index is 1.53. The first-order valence-corrected chi connectivity index (χ1v) is 14.8. The van der Waals surface area contributed by atoms with Crippen LogP contribution in [0.15, 0.2) is 79.1 Å². The van der Waals surface area contributed by atoms with Crippen molar-refractivity contribution in [1.29, 1.82) is 0 Å². The summed E-state index contributed by atoms with van der Waals surface area (Å²) in [7, 11) is 0. The minimum Gasteiger partial charge on any atom is -0.456 e. The predicted molar refractivity (Wildman–Crippen MR) is 164 cm³/mol. The lowest BCUT2D eigenvalue weighted by Crippen LogP contribution is -2.70. The number of hydrogen-bond donors (Lipinski definition) is 0. The molecule has 2 atom stereocenters. The van der Waals surface area contributed by atoms with E-state index in [1.54, 1.807) is 0 Å². The predicted octanol–water partition coefficient (Wildman–Crippen LogP) is 7.79.